The summed E-state index contributed by atoms with van der Waals surface area (Å²) in [7, 11) is 0. The molecule has 166 valence electrons. The third kappa shape index (κ3) is 6.55. The van der Waals surface area contributed by atoms with Crippen molar-refractivity contribution in [1.29, 1.82) is 0 Å². The lowest BCUT2D eigenvalue weighted by molar-refractivity contribution is -0.140. The van der Waals surface area contributed by atoms with Gasteiger partial charge in [0.15, 0.2) is 0 Å². The van der Waals surface area contributed by atoms with Crippen molar-refractivity contribution in [3.8, 4) is 0 Å². The Hall–Kier alpha value is -3.40. The fourth-order valence-corrected chi connectivity index (χ4v) is 3.95. The molecule has 32 heavy (non-hydrogen) atoms. The van der Waals surface area contributed by atoms with Crippen LogP contribution in [0.5, 0.6) is 0 Å². The molecule has 1 atom stereocenters. The molecule has 3 rings (SSSR count). The molecule has 2 amide bonds. The lowest BCUT2D eigenvalue weighted by Crippen LogP contribution is -2.50. The molecule has 1 N–H and O–H groups in total. The number of benzene rings is 3. The molecule has 0 saturated heterocycles. The van der Waals surface area contributed by atoms with Crippen molar-refractivity contribution in [3.63, 3.8) is 0 Å². The predicted octanol–water partition coefficient (Wildman–Crippen LogP) is 4.62. The van der Waals surface area contributed by atoms with Gasteiger partial charge < -0.3 is 10.2 Å². The van der Waals surface area contributed by atoms with Crippen molar-refractivity contribution < 1.29 is 9.59 Å². The monoisotopic (exact) mass is 428 g/mol. The second kappa shape index (κ2) is 11.3. The van der Waals surface area contributed by atoms with E-state index in [0.717, 1.165) is 27.8 Å². The molecule has 3 aromatic carbocycles. The average Bonchev–Trinajstić information content (AvgIpc) is 2.77. The van der Waals surface area contributed by atoms with Gasteiger partial charge in [-0.05, 0) is 37.5 Å². The van der Waals surface area contributed by atoms with Crippen LogP contribution in [0.1, 0.15) is 34.7 Å². The number of hydrogen-bond acceptors (Lipinski definition) is 2. The molecule has 0 saturated carbocycles. The average molecular weight is 429 g/mol. The Morgan fingerprint density at radius 3 is 2.03 bits per heavy atom. The number of carbonyl (C=O) groups is 2. The normalized spacial score (nSPS) is 11.6. The fraction of sp³-hybridized carbons (Fsp3) is 0.286. The minimum Gasteiger partial charge on any atom is -0.355 e. The van der Waals surface area contributed by atoms with Crippen molar-refractivity contribution in [1.82, 2.24) is 10.2 Å². The number of nitrogens with one attached hydrogen (secondary N) is 1. The first-order chi connectivity index (χ1) is 15.5. The van der Waals surface area contributed by atoms with Gasteiger partial charge in [-0.2, -0.15) is 0 Å². The van der Waals surface area contributed by atoms with Crippen LogP contribution in [0.25, 0.3) is 0 Å². The molecule has 0 radical (unpaired) electrons. The molecule has 4 heteroatoms. The Morgan fingerprint density at radius 2 is 1.41 bits per heavy atom. The molecule has 3 aromatic rings. The van der Waals surface area contributed by atoms with Gasteiger partial charge in [0.1, 0.15) is 6.04 Å². The van der Waals surface area contributed by atoms with Crippen molar-refractivity contribution in [2.45, 2.75) is 46.2 Å². The largest absolute Gasteiger partial charge is 0.355 e. The van der Waals surface area contributed by atoms with Crippen LogP contribution in [-0.4, -0.2) is 29.3 Å². The summed E-state index contributed by atoms with van der Waals surface area (Å²) in [4.78, 5) is 28.5. The highest BCUT2D eigenvalue weighted by Gasteiger charge is 2.30. The molecule has 4 nitrogen and oxygen atoms in total. The molecule has 0 bridgehead atoms. The maximum Gasteiger partial charge on any atom is 0.243 e. The Balaban J connectivity index is 1.95. The Morgan fingerprint density at radius 1 is 0.812 bits per heavy atom. The first-order valence-corrected chi connectivity index (χ1v) is 11.2. The standard InChI is InChI=1S/C28H32N2O2/c1-4-29-28(32)26(18-23-12-6-5-7-13-23)30(20-25-15-9-11-22(3)17-25)27(31)19-24-14-8-10-21(2)16-24/h5-17,26H,4,18-20H2,1-3H3,(H,29,32)/t26-/m0/s1. The summed E-state index contributed by atoms with van der Waals surface area (Å²) in [5.41, 5.74) is 5.25. The van der Waals surface area contributed by atoms with Crippen LogP contribution in [0.4, 0.5) is 0 Å². The third-order valence-corrected chi connectivity index (χ3v) is 5.50. The van der Waals surface area contributed by atoms with E-state index >= 15 is 0 Å². The van der Waals surface area contributed by atoms with Crippen molar-refractivity contribution in [3.05, 3.63) is 107 Å². The van der Waals surface area contributed by atoms with Gasteiger partial charge in [-0.25, -0.2) is 0 Å². The zero-order valence-corrected chi connectivity index (χ0v) is 19.2. The molecular weight excluding hydrogens is 396 g/mol. The van der Waals surface area contributed by atoms with E-state index in [1.807, 2.05) is 93.6 Å². The summed E-state index contributed by atoms with van der Waals surface area (Å²) in [5, 5.41) is 2.94. The van der Waals surface area contributed by atoms with Crippen LogP contribution in [0.15, 0.2) is 78.9 Å². The van der Waals surface area contributed by atoms with Gasteiger partial charge in [-0.3, -0.25) is 9.59 Å². The van der Waals surface area contributed by atoms with E-state index in [0.29, 0.717) is 19.5 Å². The zero-order valence-electron chi connectivity index (χ0n) is 19.2. The molecule has 0 heterocycles. The number of carbonyl (C=O) groups excluding carboxylic acids is 2. The maximum absolute atomic E-state index is 13.6. The smallest absolute Gasteiger partial charge is 0.243 e. The third-order valence-electron chi connectivity index (χ3n) is 5.50. The van der Waals surface area contributed by atoms with Crippen LogP contribution < -0.4 is 5.32 Å². The first-order valence-electron chi connectivity index (χ1n) is 11.2. The van der Waals surface area contributed by atoms with Gasteiger partial charge in [0.05, 0.1) is 6.42 Å². The highest BCUT2D eigenvalue weighted by Crippen LogP contribution is 2.17. The Labute approximate surface area is 191 Å². The van der Waals surface area contributed by atoms with Gasteiger partial charge in [-0.1, -0.05) is 90.0 Å². The molecular formula is C28H32N2O2. The van der Waals surface area contributed by atoms with E-state index in [1.54, 1.807) is 4.90 Å². The number of rotatable bonds is 9. The maximum atomic E-state index is 13.6. The number of aryl methyl sites for hydroxylation is 2. The topological polar surface area (TPSA) is 49.4 Å². The van der Waals surface area contributed by atoms with E-state index < -0.39 is 6.04 Å². The fourth-order valence-electron chi connectivity index (χ4n) is 3.95. The van der Waals surface area contributed by atoms with Crippen LogP contribution in [0.2, 0.25) is 0 Å². The second-order valence-corrected chi connectivity index (χ2v) is 8.28. The van der Waals surface area contributed by atoms with E-state index in [9.17, 15) is 9.59 Å². The van der Waals surface area contributed by atoms with Crippen molar-refractivity contribution in [2.75, 3.05) is 6.54 Å². The number of nitrogens with zero attached hydrogens (tertiary/aromatic N) is 1. The van der Waals surface area contributed by atoms with Crippen LogP contribution >= 0.6 is 0 Å². The van der Waals surface area contributed by atoms with E-state index in [2.05, 4.69) is 11.4 Å². The van der Waals surface area contributed by atoms with Crippen molar-refractivity contribution in [2.24, 2.45) is 0 Å². The lowest BCUT2D eigenvalue weighted by atomic mass is 10.0. The van der Waals surface area contributed by atoms with Gasteiger partial charge in [0.2, 0.25) is 11.8 Å². The summed E-state index contributed by atoms with van der Waals surface area (Å²) in [6.45, 7) is 6.87. The summed E-state index contributed by atoms with van der Waals surface area (Å²) in [6.07, 6.45) is 0.732. The molecule has 0 aliphatic heterocycles. The molecule has 0 aliphatic rings. The van der Waals surface area contributed by atoms with Gasteiger partial charge in [0.25, 0.3) is 0 Å². The van der Waals surface area contributed by atoms with Crippen LogP contribution in [0, 0.1) is 13.8 Å². The highest BCUT2D eigenvalue weighted by molar-refractivity contribution is 5.88. The number of hydrogen-bond donors (Lipinski definition) is 1. The zero-order chi connectivity index (χ0) is 22.9. The minimum atomic E-state index is -0.588. The summed E-state index contributed by atoms with van der Waals surface area (Å²) >= 11 is 0. The number of likely N-dealkylation sites (N-methyl/N-ethyl adjacent to an activating group) is 1. The van der Waals surface area contributed by atoms with Gasteiger partial charge >= 0.3 is 0 Å². The molecule has 0 spiro atoms. The van der Waals surface area contributed by atoms with Crippen molar-refractivity contribution >= 4 is 11.8 Å². The van der Waals surface area contributed by atoms with Crippen LogP contribution in [-0.2, 0) is 29.0 Å². The summed E-state index contributed by atoms with van der Waals surface area (Å²) in [6, 6.07) is 25.4. The quantitative estimate of drug-likeness (QED) is 0.541. The molecule has 0 unspecified atom stereocenters. The second-order valence-electron chi connectivity index (χ2n) is 8.28. The van der Waals surface area contributed by atoms with Crippen LogP contribution in [0.3, 0.4) is 0 Å². The molecule has 0 aromatic heterocycles. The van der Waals surface area contributed by atoms with E-state index in [-0.39, 0.29) is 18.2 Å². The van der Waals surface area contributed by atoms with E-state index in [4.69, 9.17) is 0 Å². The first kappa shape index (κ1) is 23.3. The van der Waals surface area contributed by atoms with E-state index in [1.165, 1.54) is 0 Å². The molecule has 0 aliphatic carbocycles. The highest BCUT2D eigenvalue weighted by atomic mass is 16.2. The summed E-state index contributed by atoms with van der Waals surface area (Å²) < 4.78 is 0. The number of amides is 2. The van der Waals surface area contributed by atoms with Gasteiger partial charge in [-0.15, -0.1) is 0 Å². The molecule has 0 fully saturated rings. The Bertz CT molecular complexity index is 1050. The lowest BCUT2D eigenvalue weighted by Gasteiger charge is -2.31. The predicted molar refractivity (Wildman–Crippen MR) is 129 cm³/mol. The van der Waals surface area contributed by atoms with Gasteiger partial charge in [0, 0.05) is 19.5 Å². The summed E-state index contributed by atoms with van der Waals surface area (Å²) in [5.74, 6) is -0.175. The SMILES string of the molecule is CCNC(=O)[C@H](Cc1ccccc1)N(Cc1cccc(C)c1)C(=O)Cc1cccc(C)c1. The Kier molecular flexibility index (Phi) is 8.20. The minimum absolute atomic E-state index is 0.0516.